The third-order valence-corrected chi connectivity index (χ3v) is 19.7. The maximum absolute atomic E-state index is 13.8. The minimum absolute atomic E-state index is 0. The number of rotatable bonds is 30. The fraction of sp³-hybridized carbons (Fsp3) is 0.466. The van der Waals surface area contributed by atoms with E-state index in [0.717, 1.165) is 38.1 Å². The van der Waals surface area contributed by atoms with Crippen LogP contribution in [0.1, 0.15) is 166 Å². The number of halogens is 4. The number of carboxylic acids is 2. The van der Waals surface area contributed by atoms with Crippen LogP contribution in [0.2, 0.25) is 0 Å². The molecule has 1 saturated heterocycles. The number of ether oxygens (including phenoxy) is 3. The SMILES string of the molecule is CC(C)c1nc(N(C)S(C)(=O)=O)nc(-c2ccc(F)cc2)c1/C=C/[C@@H](O)C[C@@H](O)CC(=O)[O-].CC(C)c1nc(N(C)S(C)(=O)=O)nc(-c2ccc(F)cc2)c1/C=C/[C@@H](O)C[C@@H](O)CC(=O)[O-].CCC(C)OC(=O)C[C@H]1C[C@@H](/C=C/c2c(-c3ccc(F)cc3)nc(N(C)S(C)(=O)=O)nc2C(C)C)OC(C)(C)O1.F.[Ca+2]. The molecule has 0 spiro atoms. The van der Waals surface area contributed by atoms with Crippen molar-refractivity contribution in [3.8, 4) is 33.8 Å². The molecule has 7 rings (SSSR count). The van der Waals surface area contributed by atoms with Gasteiger partial charge in [-0.2, -0.15) is 0 Å². The van der Waals surface area contributed by atoms with Gasteiger partial charge in [-0.25, -0.2) is 81.2 Å². The average molecular weight is 1600 g/mol. The van der Waals surface area contributed by atoms with E-state index in [4.69, 9.17) is 14.2 Å². The average Bonchev–Trinajstić information content (AvgIpc) is 0.791. The fourth-order valence-corrected chi connectivity index (χ4v) is 11.5. The van der Waals surface area contributed by atoms with Gasteiger partial charge in [0.2, 0.25) is 47.9 Å². The fourth-order valence-electron chi connectivity index (χ4n) is 10.4. The van der Waals surface area contributed by atoms with Crippen LogP contribution >= 0.6 is 0 Å². The summed E-state index contributed by atoms with van der Waals surface area (Å²) in [6, 6.07) is 16.8. The van der Waals surface area contributed by atoms with Gasteiger partial charge in [-0.1, -0.05) is 84.9 Å². The van der Waals surface area contributed by atoms with Crippen molar-refractivity contribution in [3.05, 3.63) is 142 Å². The topological polar surface area (TPSA) is 395 Å². The second-order valence-electron chi connectivity index (χ2n) is 26.8. The molecule has 0 radical (unpaired) electrons. The van der Waals surface area contributed by atoms with E-state index >= 15 is 0 Å². The summed E-state index contributed by atoms with van der Waals surface area (Å²) in [5, 5.41) is 61.1. The van der Waals surface area contributed by atoms with E-state index in [9.17, 15) is 83.4 Å². The number of aliphatic hydroxyl groups excluding tert-OH is 4. The molecular weight excluding hydrogens is 1500 g/mol. The van der Waals surface area contributed by atoms with E-state index in [1.165, 1.54) is 106 Å². The van der Waals surface area contributed by atoms with Gasteiger partial charge in [0.1, 0.15) is 17.5 Å². The van der Waals surface area contributed by atoms with Crippen molar-refractivity contribution in [3.63, 3.8) is 0 Å². The summed E-state index contributed by atoms with van der Waals surface area (Å²) in [6.45, 7) is 18.7. The van der Waals surface area contributed by atoms with Gasteiger partial charge in [-0.15, -0.1) is 0 Å². The Hall–Kier alpha value is -7.48. The molecule has 4 N–H and O–H groups in total. The van der Waals surface area contributed by atoms with E-state index in [1.807, 2.05) is 67.5 Å². The molecule has 0 bridgehead atoms. The van der Waals surface area contributed by atoms with Crippen LogP contribution in [0.4, 0.5) is 35.7 Å². The molecule has 0 saturated carbocycles. The van der Waals surface area contributed by atoms with E-state index in [2.05, 4.69) is 29.9 Å². The zero-order valence-electron chi connectivity index (χ0n) is 63.1. The van der Waals surface area contributed by atoms with Gasteiger partial charge < -0.3 is 54.4 Å². The van der Waals surface area contributed by atoms with Crippen LogP contribution in [0.25, 0.3) is 52.0 Å². The molecule has 0 amide bonds. The first-order valence-corrected chi connectivity index (χ1v) is 39.3. The second kappa shape index (κ2) is 41.5. The molecule has 7 atom stereocenters. The molecule has 6 aromatic rings. The summed E-state index contributed by atoms with van der Waals surface area (Å²) in [7, 11) is -6.91. The Morgan fingerprint density at radius 2 is 0.861 bits per heavy atom. The van der Waals surface area contributed by atoms with Crippen molar-refractivity contribution < 1.29 is 102 Å². The molecule has 35 heteroatoms. The van der Waals surface area contributed by atoms with E-state index in [-0.39, 0.29) is 109 Å². The Kier molecular flexibility index (Phi) is 36.4. The van der Waals surface area contributed by atoms with Crippen LogP contribution in [-0.2, 0) is 58.7 Å². The zero-order chi connectivity index (χ0) is 79.7. The van der Waals surface area contributed by atoms with Crippen LogP contribution in [0.3, 0.4) is 0 Å². The van der Waals surface area contributed by atoms with Gasteiger partial charge in [0.05, 0.1) is 102 Å². The first kappa shape index (κ1) is 94.7. The molecule has 1 unspecified atom stereocenters. The van der Waals surface area contributed by atoms with Crippen LogP contribution in [-0.4, -0.2) is 220 Å². The molecule has 0 aliphatic carbocycles. The summed E-state index contributed by atoms with van der Waals surface area (Å²) in [6.07, 6.45) is 6.24. The summed E-state index contributed by atoms with van der Waals surface area (Å²) < 4.78 is 134. The Morgan fingerprint density at radius 3 is 1.14 bits per heavy atom. The van der Waals surface area contributed by atoms with Gasteiger partial charge in [-0.3, -0.25) is 9.50 Å². The number of anilines is 3. The van der Waals surface area contributed by atoms with Crippen LogP contribution in [0.5, 0.6) is 0 Å². The number of nitrogens with zero attached hydrogens (tertiary/aromatic N) is 9. The molecule has 1 fully saturated rings. The van der Waals surface area contributed by atoms with Crippen molar-refractivity contribution in [1.29, 1.82) is 0 Å². The molecule has 3 aromatic carbocycles. The maximum atomic E-state index is 13.8. The Balaban J connectivity index is 0.000000419. The number of carbonyl (C=O) groups is 3. The third kappa shape index (κ3) is 29.1. The predicted octanol–water partition coefficient (Wildman–Crippen LogP) is 7.36. The van der Waals surface area contributed by atoms with Crippen molar-refractivity contribution in [2.45, 2.75) is 180 Å². The summed E-state index contributed by atoms with van der Waals surface area (Å²) in [5.74, 6) is -6.01. The van der Waals surface area contributed by atoms with Gasteiger partial charge >= 0.3 is 43.7 Å². The van der Waals surface area contributed by atoms with Crippen LogP contribution in [0.15, 0.2) is 91.0 Å². The molecule has 4 heterocycles. The Bertz CT molecular complexity index is 4290. The van der Waals surface area contributed by atoms with Gasteiger partial charge in [-0.05, 0) is 118 Å². The zero-order valence-corrected chi connectivity index (χ0v) is 67.8. The molecule has 1 aliphatic heterocycles. The number of aliphatic hydroxyl groups is 4. The summed E-state index contributed by atoms with van der Waals surface area (Å²) >= 11 is 0. The van der Waals surface area contributed by atoms with E-state index in [0.29, 0.717) is 74.0 Å². The first-order valence-electron chi connectivity index (χ1n) is 33.7. The van der Waals surface area contributed by atoms with Crippen molar-refractivity contribution in [2.24, 2.45) is 0 Å². The molecule has 3 aromatic heterocycles. The summed E-state index contributed by atoms with van der Waals surface area (Å²) in [4.78, 5) is 60.5. The minimum Gasteiger partial charge on any atom is -0.550 e. The van der Waals surface area contributed by atoms with Crippen LogP contribution < -0.4 is 23.1 Å². The molecule has 588 valence electrons. The largest absolute Gasteiger partial charge is 2.00 e. The minimum atomic E-state index is -3.66. The van der Waals surface area contributed by atoms with Crippen molar-refractivity contribution in [2.75, 3.05) is 52.8 Å². The number of sulfonamides is 3. The Morgan fingerprint density at radius 1 is 0.556 bits per heavy atom. The van der Waals surface area contributed by atoms with E-state index < -0.39 is 115 Å². The second-order valence-corrected chi connectivity index (χ2v) is 32.8. The predicted molar refractivity (Wildman–Crippen MR) is 401 cm³/mol. The normalized spacial score (nSPS) is 15.9. The van der Waals surface area contributed by atoms with Crippen molar-refractivity contribution >= 4 is 122 Å². The number of hydrogen-bond donors (Lipinski definition) is 4. The number of benzene rings is 3. The smallest absolute Gasteiger partial charge is 0.550 e. The van der Waals surface area contributed by atoms with Crippen LogP contribution in [0, 0.1) is 17.5 Å². The first-order chi connectivity index (χ1) is 49.2. The summed E-state index contributed by atoms with van der Waals surface area (Å²) in [5.41, 5.74) is 5.87. The monoisotopic (exact) mass is 1600 g/mol. The number of carboxylic acid groups (broad SMARTS) is 2. The standard InChI is InChI=1S/C29H40FN3O6S.2C22H28FN3O6S.Ca.FH/c1-9-19(4)37-25(34)17-23-16-22(38-29(5,6)39-23)14-15-24-26(18(2)3)31-28(33(7)40(8,35)36)32-27(24)20-10-12-21(30)13-11-20;2*1-13(2)20-18(10-9-16(27)11-17(28)12-19(29)30)21(14-5-7-15(23)8-6-14)25-22(24-20)26(3)33(4,31)32;;/h10-15,18-19,22-23H,9,16-17H2,1-8H3;2*5-10,13,16-17,27-28H,11-12H2,1-4H3,(H,29,30);;1H/q;;;+2;/p-2/b15-14+;2*10-9+;;/t19?,22-,23-;2*16-,17-;;/m111../s1. The number of aromatic nitrogens is 6. The molecule has 1 aliphatic rings. The van der Waals surface area contributed by atoms with Gasteiger partial charge in [0, 0.05) is 98.6 Å². The van der Waals surface area contributed by atoms with Gasteiger partial charge in [0.15, 0.2) is 5.79 Å². The van der Waals surface area contributed by atoms with Crippen molar-refractivity contribution in [1.82, 2.24) is 29.9 Å². The Labute approximate surface area is 658 Å². The maximum Gasteiger partial charge on any atom is 2.00 e. The third-order valence-electron chi connectivity index (χ3n) is 16.2. The molecule has 27 nitrogen and oxygen atoms in total. The number of hydrogen-bond acceptors (Lipinski definition) is 24. The number of aliphatic carboxylic acids is 2. The van der Waals surface area contributed by atoms with E-state index in [1.54, 1.807) is 26.0 Å². The quantitative estimate of drug-likeness (QED) is 0.0194. The molecular formula is C73H95CaF4N9O18S3. The van der Waals surface area contributed by atoms with Gasteiger partial charge in [0.25, 0.3) is 0 Å². The number of carbonyl (C=O) groups excluding carboxylic acids is 3. The molecule has 108 heavy (non-hydrogen) atoms. The number of esters is 1.